The van der Waals surface area contributed by atoms with Gasteiger partial charge in [-0.2, -0.15) is 0 Å². The summed E-state index contributed by atoms with van der Waals surface area (Å²) in [5.74, 6) is 0.749. The molecule has 10 heteroatoms. The highest BCUT2D eigenvalue weighted by Crippen LogP contribution is 2.43. The van der Waals surface area contributed by atoms with Gasteiger partial charge in [0.15, 0.2) is 5.13 Å². The van der Waals surface area contributed by atoms with Crippen molar-refractivity contribution in [1.29, 1.82) is 0 Å². The Kier molecular flexibility index (Phi) is 5.84. The average molecular weight is 498 g/mol. The molecule has 0 saturated heterocycles. The van der Waals surface area contributed by atoms with Crippen molar-refractivity contribution in [1.82, 2.24) is 4.98 Å². The minimum absolute atomic E-state index is 0.0803. The summed E-state index contributed by atoms with van der Waals surface area (Å²) in [6.07, 6.45) is 1.53. The molecule has 0 unspecified atom stereocenters. The third kappa shape index (κ3) is 4.29. The number of hydrogen-bond donors (Lipinski definition) is 1. The molecule has 0 bridgehead atoms. The molecule has 4 aromatic rings. The number of nitrogens with one attached hydrogen (secondary N) is 1. The van der Waals surface area contributed by atoms with Crippen molar-refractivity contribution >= 4 is 37.9 Å². The first-order chi connectivity index (χ1) is 16.4. The maximum atomic E-state index is 13.7. The quantitative estimate of drug-likeness (QED) is 0.390. The highest BCUT2D eigenvalue weighted by atomic mass is 32.2. The molecule has 0 aliphatic carbocycles. The summed E-state index contributed by atoms with van der Waals surface area (Å²) in [4.78, 5) is 6.06. The lowest BCUT2D eigenvalue weighted by molar-refractivity contribution is 0.312. The van der Waals surface area contributed by atoms with E-state index < -0.39 is 10.0 Å². The number of ether oxygens (including phenoxy) is 2. The molecule has 1 aromatic heterocycles. The molecule has 174 valence electrons. The number of hydrogen-bond acceptors (Lipinski definition) is 7. The van der Waals surface area contributed by atoms with Crippen LogP contribution in [0.25, 0.3) is 11.1 Å². The predicted molar refractivity (Wildman–Crippen MR) is 130 cm³/mol. The number of halogens is 1. The van der Waals surface area contributed by atoms with E-state index in [1.54, 1.807) is 24.6 Å². The molecule has 1 aliphatic rings. The number of rotatable bonds is 6. The molecule has 0 spiro atoms. The lowest BCUT2D eigenvalue weighted by Gasteiger charge is -2.32. The number of sulfonamides is 1. The molecule has 1 N–H and O–H groups in total. The van der Waals surface area contributed by atoms with E-state index in [0.29, 0.717) is 29.8 Å². The summed E-state index contributed by atoms with van der Waals surface area (Å²) in [6.45, 7) is 0.914. The minimum atomic E-state index is -3.81. The molecule has 0 amide bonds. The second kappa shape index (κ2) is 8.96. The van der Waals surface area contributed by atoms with Gasteiger partial charge < -0.3 is 14.4 Å². The minimum Gasteiger partial charge on any atom is -0.495 e. The smallest absolute Gasteiger partial charge is 0.263 e. The van der Waals surface area contributed by atoms with Crippen LogP contribution >= 0.6 is 11.3 Å². The molecule has 1 aliphatic heterocycles. The fourth-order valence-corrected chi connectivity index (χ4v) is 5.62. The molecular formula is C24H20FN3O4S2. The summed E-state index contributed by atoms with van der Waals surface area (Å²) in [5, 5.41) is 1.99. The van der Waals surface area contributed by atoms with E-state index >= 15 is 0 Å². The number of thiazole rings is 1. The van der Waals surface area contributed by atoms with Crippen molar-refractivity contribution in [2.75, 3.05) is 29.9 Å². The van der Waals surface area contributed by atoms with Crippen molar-refractivity contribution in [3.05, 3.63) is 78.1 Å². The summed E-state index contributed by atoms with van der Waals surface area (Å²) >= 11 is 1.20. The van der Waals surface area contributed by atoms with E-state index in [1.165, 1.54) is 41.8 Å². The zero-order valence-electron chi connectivity index (χ0n) is 18.1. The van der Waals surface area contributed by atoms with Crippen LogP contribution in [0.1, 0.15) is 0 Å². The summed E-state index contributed by atoms with van der Waals surface area (Å²) in [7, 11) is -2.23. The number of aromatic nitrogens is 1. The van der Waals surface area contributed by atoms with Gasteiger partial charge in [-0.25, -0.2) is 17.8 Å². The van der Waals surface area contributed by atoms with Crippen molar-refractivity contribution in [3.63, 3.8) is 0 Å². The van der Waals surface area contributed by atoms with E-state index in [4.69, 9.17) is 9.47 Å². The van der Waals surface area contributed by atoms with Crippen molar-refractivity contribution in [3.8, 4) is 22.6 Å². The molecule has 0 atom stereocenters. The monoisotopic (exact) mass is 497 g/mol. The fraction of sp³-hybridized carbons (Fsp3) is 0.125. The van der Waals surface area contributed by atoms with Gasteiger partial charge in [0.25, 0.3) is 10.0 Å². The Balaban J connectivity index is 1.49. The molecule has 3 aromatic carbocycles. The number of benzene rings is 3. The first-order valence-electron chi connectivity index (χ1n) is 10.4. The standard InChI is InChI=1S/C24H20FN3O4S2/c1-31-22-14-17(16-3-2-4-18(25)13-16)5-7-20(22)28-10-11-32-23-15-19(6-8-21(23)28)34(29,30)27-24-26-9-12-33-24/h2-9,12-15H,10-11H2,1H3,(H,26,27). The van der Waals surface area contributed by atoms with Crippen molar-refractivity contribution in [2.45, 2.75) is 4.90 Å². The maximum Gasteiger partial charge on any atom is 0.263 e. The Hall–Kier alpha value is -3.63. The number of fused-ring (bicyclic) bond motifs is 1. The molecule has 0 fully saturated rings. The van der Waals surface area contributed by atoms with Gasteiger partial charge in [0.05, 0.1) is 29.9 Å². The average Bonchev–Trinajstić information content (AvgIpc) is 3.35. The summed E-state index contributed by atoms with van der Waals surface area (Å²) in [5.41, 5.74) is 3.08. The van der Waals surface area contributed by atoms with Crippen LogP contribution in [0.5, 0.6) is 11.5 Å². The Bertz CT molecular complexity index is 1440. The van der Waals surface area contributed by atoms with Crippen LogP contribution in [-0.2, 0) is 10.0 Å². The molecule has 0 radical (unpaired) electrons. The van der Waals surface area contributed by atoms with Crippen LogP contribution in [0.4, 0.5) is 20.9 Å². The lowest BCUT2D eigenvalue weighted by atomic mass is 10.0. The Morgan fingerprint density at radius 2 is 1.91 bits per heavy atom. The zero-order chi connectivity index (χ0) is 23.7. The van der Waals surface area contributed by atoms with Gasteiger partial charge in [0.2, 0.25) is 0 Å². The number of methoxy groups -OCH3 is 1. The Morgan fingerprint density at radius 1 is 1.09 bits per heavy atom. The van der Waals surface area contributed by atoms with E-state index in [1.807, 2.05) is 29.2 Å². The highest BCUT2D eigenvalue weighted by molar-refractivity contribution is 7.93. The predicted octanol–water partition coefficient (Wildman–Crippen LogP) is 5.29. The van der Waals surface area contributed by atoms with Crippen LogP contribution < -0.4 is 19.1 Å². The van der Waals surface area contributed by atoms with Crippen LogP contribution in [-0.4, -0.2) is 33.7 Å². The Morgan fingerprint density at radius 3 is 2.68 bits per heavy atom. The van der Waals surface area contributed by atoms with Gasteiger partial charge in [-0.15, -0.1) is 11.3 Å². The molecular weight excluding hydrogens is 477 g/mol. The van der Waals surface area contributed by atoms with Gasteiger partial charge in [-0.3, -0.25) is 4.72 Å². The summed E-state index contributed by atoms with van der Waals surface area (Å²) in [6, 6.07) is 16.8. The first kappa shape index (κ1) is 22.2. The zero-order valence-corrected chi connectivity index (χ0v) is 19.7. The van der Waals surface area contributed by atoms with Crippen molar-refractivity contribution in [2.24, 2.45) is 0 Å². The number of anilines is 3. The van der Waals surface area contributed by atoms with Crippen LogP contribution in [0.3, 0.4) is 0 Å². The van der Waals surface area contributed by atoms with E-state index in [-0.39, 0.29) is 10.7 Å². The fourth-order valence-electron chi connectivity index (χ4n) is 3.81. The molecule has 2 heterocycles. The van der Waals surface area contributed by atoms with Crippen molar-refractivity contribution < 1.29 is 22.3 Å². The third-order valence-electron chi connectivity index (χ3n) is 5.39. The third-order valence-corrected chi connectivity index (χ3v) is 7.54. The van der Waals surface area contributed by atoms with Gasteiger partial charge in [0, 0.05) is 17.6 Å². The SMILES string of the molecule is COc1cc(-c2cccc(F)c2)ccc1N1CCOc2cc(S(=O)(=O)Nc3nccs3)ccc21. The molecule has 34 heavy (non-hydrogen) atoms. The highest BCUT2D eigenvalue weighted by Gasteiger charge is 2.25. The normalized spacial score (nSPS) is 13.2. The Labute approximate surface area is 200 Å². The second-order valence-corrected chi connectivity index (χ2v) is 10.0. The van der Waals surface area contributed by atoms with Crippen LogP contribution in [0, 0.1) is 5.82 Å². The maximum absolute atomic E-state index is 13.7. The molecule has 0 saturated carbocycles. The van der Waals surface area contributed by atoms with Gasteiger partial charge in [0.1, 0.15) is 23.9 Å². The van der Waals surface area contributed by atoms with E-state index in [9.17, 15) is 12.8 Å². The van der Waals surface area contributed by atoms with Crippen LogP contribution in [0.2, 0.25) is 0 Å². The van der Waals surface area contributed by atoms with E-state index in [2.05, 4.69) is 9.71 Å². The van der Waals surface area contributed by atoms with Gasteiger partial charge >= 0.3 is 0 Å². The molecule has 7 nitrogen and oxygen atoms in total. The van der Waals surface area contributed by atoms with Gasteiger partial charge in [-0.05, 0) is 47.5 Å². The second-order valence-electron chi connectivity index (χ2n) is 7.47. The summed E-state index contributed by atoms with van der Waals surface area (Å²) < 4.78 is 53.2. The van der Waals surface area contributed by atoms with Crippen LogP contribution in [0.15, 0.2) is 77.1 Å². The largest absolute Gasteiger partial charge is 0.495 e. The first-order valence-corrected chi connectivity index (χ1v) is 12.7. The number of nitrogens with zero attached hydrogens (tertiary/aromatic N) is 2. The van der Waals surface area contributed by atoms with Gasteiger partial charge in [-0.1, -0.05) is 18.2 Å². The lowest BCUT2D eigenvalue weighted by Crippen LogP contribution is -2.29. The van der Waals surface area contributed by atoms with E-state index in [0.717, 1.165) is 22.5 Å². The molecule has 5 rings (SSSR count). The topological polar surface area (TPSA) is 80.8 Å².